The molecule has 21 heavy (non-hydrogen) atoms. The molecule has 0 aliphatic heterocycles. The monoisotopic (exact) mass is 282 g/mol. The molecule has 1 amide bonds. The molecular formula is C16H18N4O. The lowest BCUT2D eigenvalue weighted by molar-refractivity contribution is 0.102. The van der Waals surface area contributed by atoms with Crippen molar-refractivity contribution in [2.75, 3.05) is 11.9 Å². The molecule has 108 valence electrons. The number of nitrogens with one attached hydrogen (secondary N) is 1. The molecule has 1 aromatic carbocycles. The second kappa shape index (κ2) is 6.73. The lowest BCUT2D eigenvalue weighted by Crippen LogP contribution is -2.16. The van der Waals surface area contributed by atoms with Crippen LogP contribution in [0.1, 0.15) is 35.8 Å². The Bertz CT molecular complexity index is 692. The van der Waals surface area contributed by atoms with Crippen LogP contribution in [-0.2, 0) is 0 Å². The molecule has 0 spiro atoms. The SMILES string of the molecule is CC(C)n1nccc1NC(=O)c1cccc(C#CCN)c1. The van der Waals surface area contributed by atoms with Gasteiger partial charge in [0, 0.05) is 23.2 Å². The highest BCUT2D eigenvalue weighted by Crippen LogP contribution is 2.14. The van der Waals surface area contributed by atoms with E-state index in [1.54, 1.807) is 35.1 Å². The second-order valence-electron chi connectivity index (χ2n) is 4.80. The number of carbonyl (C=O) groups excluding carboxylic acids is 1. The topological polar surface area (TPSA) is 72.9 Å². The summed E-state index contributed by atoms with van der Waals surface area (Å²) in [5.74, 6) is 6.18. The van der Waals surface area contributed by atoms with Gasteiger partial charge in [-0.15, -0.1) is 0 Å². The Labute approximate surface area is 124 Å². The van der Waals surface area contributed by atoms with Gasteiger partial charge in [-0.05, 0) is 32.0 Å². The number of aromatic nitrogens is 2. The van der Waals surface area contributed by atoms with Crippen molar-refractivity contribution in [1.29, 1.82) is 0 Å². The Hall–Kier alpha value is -2.58. The van der Waals surface area contributed by atoms with Crippen LogP contribution in [0.5, 0.6) is 0 Å². The summed E-state index contributed by atoms with van der Waals surface area (Å²) >= 11 is 0. The van der Waals surface area contributed by atoms with Crippen molar-refractivity contribution in [3.05, 3.63) is 47.7 Å². The number of hydrogen-bond donors (Lipinski definition) is 2. The van der Waals surface area contributed by atoms with Crippen molar-refractivity contribution < 1.29 is 4.79 Å². The van der Waals surface area contributed by atoms with Crippen molar-refractivity contribution in [2.45, 2.75) is 19.9 Å². The highest BCUT2D eigenvalue weighted by molar-refractivity contribution is 6.04. The van der Waals surface area contributed by atoms with Gasteiger partial charge in [-0.3, -0.25) is 4.79 Å². The highest BCUT2D eigenvalue weighted by atomic mass is 16.1. The Morgan fingerprint density at radius 1 is 1.43 bits per heavy atom. The summed E-state index contributed by atoms with van der Waals surface area (Å²) in [6, 6.07) is 9.09. The molecule has 3 N–H and O–H groups in total. The second-order valence-corrected chi connectivity index (χ2v) is 4.80. The Kier molecular flexibility index (Phi) is 4.75. The number of hydrogen-bond acceptors (Lipinski definition) is 3. The lowest BCUT2D eigenvalue weighted by atomic mass is 10.1. The van der Waals surface area contributed by atoms with Crippen molar-refractivity contribution in [3.63, 3.8) is 0 Å². The maximum Gasteiger partial charge on any atom is 0.256 e. The summed E-state index contributed by atoms with van der Waals surface area (Å²) in [5.41, 5.74) is 6.67. The van der Waals surface area contributed by atoms with E-state index in [4.69, 9.17) is 5.73 Å². The predicted octanol–water partition coefficient (Wildman–Crippen LogP) is 2.03. The summed E-state index contributed by atoms with van der Waals surface area (Å²) in [4.78, 5) is 12.3. The summed E-state index contributed by atoms with van der Waals surface area (Å²) in [5, 5.41) is 7.05. The predicted molar refractivity (Wildman–Crippen MR) is 82.9 cm³/mol. The van der Waals surface area contributed by atoms with Crippen molar-refractivity contribution in [1.82, 2.24) is 9.78 Å². The molecule has 2 rings (SSSR count). The Morgan fingerprint density at radius 2 is 2.24 bits per heavy atom. The zero-order valence-electron chi connectivity index (χ0n) is 12.1. The van der Waals surface area contributed by atoms with Gasteiger partial charge in [0.25, 0.3) is 5.91 Å². The fraction of sp³-hybridized carbons (Fsp3) is 0.250. The molecule has 0 saturated carbocycles. The molecule has 0 aliphatic rings. The van der Waals surface area contributed by atoms with Crippen molar-refractivity contribution in [2.24, 2.45) is 5.73 Å². The first-order valence-electron chi connectivity index (χ1n) is 6.75. The van der Waals surface area contributed by atoms with Gasteiger partial charge in [0.2, 0.25) is 0 Å². The first kappa shape index (κ1) is 14.8. The summed E-state index contributed by atoms with van der Waals surface area (Å²) in [6.45, 7) is 4.31. The van der Waals surface area contributed by atoms with Crippen LogP contribution >= 0.6 is 0 Å². The number of anilines is 1. The van der Waals surface area contributed by atoms with Crippen LogP contribution in [-0.4, -0.2) is 22.2 Å². The van der Waals surface area contributed by atoms with E-state index < -0.39 is 0 Å². The van der Waals surface area contributed by atoms with Crippen LogP contribution < -0.4 is 11.1 Å². The summed E-state index contributed by atoms with van der Waals surface area (Å²) < 4.78 is 1.76. The minimum Gasteiger partial charge on any atom is -0.320 e. The average molecular weight is 282 g/mol. The van der Waals surface area contributed by atoms with E-state index in [2.05, 4.69) is 22.3 Å². The molecular weight excluding hydrogens is 264 g/mol. The molecule has 0 radical (unpaired) electrons. The van der Waals surface area contributed by atoms with E-state index in [0.717, 1.165) is 5.56 Å². The molecule has 0 bridgehead atoms. The van der Waals surface area contributed by atoms with E-state index >= 15 is 0 Å². The van der Waals surface area contributed by atoms with Gasteiger partial charge in [-0.25, -0.2) is 4.68 Å². The maximum atomic E-state index is 12.3. The van der Waals surface area contributed by atoms with Crippen LogP contribution in [0.4, 0.5) is 5.82 Å². The molecule has 5 heteroatoms. The van der Waals surface area contributed by atoms with Gasteiger partial charge in [0.15, 0.2) is 0 Å². The standard InChI is InChI=1S/C16H18N4O/c1-12(2)20-15(8-10-18-20)19-16(21)14-7-3-5-13(11-14)6-4-9-17/h3,5,7-8,10-12H,9,17H2,1-2H3,(H,19,21). The van der Waals surface area contributed by atoms with Crippen LogP contribution in [0.25, 0.3) is 0 Å². The number of nitrogens with zero attached hydrogens (tertiary/aromatic N) is 2. The molecule has 2 aromatic rings. The number of amides is 1. The first-order valence-corrected chi connectivity index (χ1v) is 6.75. The van der Waals surface area contributed by atoms with E-state index in [0.29, 0.717) is 17.9 Å². The number of nitrogens with two attached hydrogens (primary N) is 1. The summed E-state index contributed by atoms with van der Waals surface area (Å²) in [7, 11) is 0. The van der Waals surface area contributed by atoms with Gasteiger partial charge in [-0.1, -0.05) is 17.9 Å². The zero-order valence-corrected chi connectivity index (χ0v) is 12.1. The number of benzene rings is 1. The highest BCUT2D eigenvalue weighted by Gasteiger charge is 2.11. The van der Waals surface area contributed by atoms with Gasteiger partial charge < -0.3 is 11.1 Å². The lowest BCUT2D eigenvalue weighted by Gasteiger charge is -2.11. The quantitative estimate of drug-likeness (QED) is 0.846. The van der Waals surface area contributed by atoms with E-state index in [1.807, 2.05) is 19.9 Å². The molecule has 0 saturated heterocycles. The van der Waals surface area contributed by atoms with Crippen molar-refractivity contribution in [3.8, 4) is 11.8 Å². The van der Waals surface area contributed by atoms with E-state index in [-0.39, 0.29) is 11.9 Å². The van der Waals surface area contributed by atoms with Crippen molar-refractivity contribution >= 4 is 11.7 Å². The minimum atomic E-state index is -0.186. The molecule has 0 aliphatic carbocycles. The maximum absolute atomic E-state index is 12.3. The third-order valence-corrected chi connectivity index (χ3v) is 2.86. The number of rotatable bonds is 3. The number of carbonyl (C=O) groups is 1. The fourth-order valence-electron chi connectivity index (χ4n) is 1.90. The molecule has 1 heterocycles. The Morgan fingerprint density at radius 3 is 2.95 bits per heavy atom. The zero-order chi connectivity index (χ0) is 15.2. The normalized spacial score (nSPS) is 10.1. The van der Waals surface area contributed by atoms with Gasteiger partial charge in [0.1, 0.15) is 5.82 Å². The largest absolute Gasteiger partial charge is 0.320 e. The average Bonchev–Trinajstić information content (AvgIpc) is 2.93. The molecule has 0 atom stereocenters. The third kappa shape index (κ3) is 3.71. The van der Waals surface area contributed by atoms with E-state index in [1.165, 1.54) is 0 Å². The van der Waals surface area contributed by atoms with E-state index in [9.17, 15) is 4.79 Å². The van der Waals surface area contributed by atoms with Crippen LogP contribution in [0.2, 0.25) is 0 Å². The van der Waals surface area contributed by atoms with Gasteiger partial charge >= 0.3 is 0 Å². The minimum absolute atomic E-state index is 0.178. The molecule has 0 fully saturated rings. The van der Waals surface area contributed by atoms with Gasteiger partial charge in [0.05, 0.1) is 12.7 Å². The molecule has 0 unspecified atom stereocenters. The fourth-order valence-corrected chi connectivity index (χ4v) is 1.90. The molecule has 5 nitrogen and oxygen atoms in total. The molecule has 1 aromatic heterocycles. The van der Waals surface area contributed by atoms with Crippen LogP contribution in [0.3, 0.4) is 0 Å². The van der Waals surface area contributed by atoms with Gasteiger partial charge in [-0.2, -0.15) is 5.10 Å². The first-order chi connectivity index (χ1) is 10.1. The third-order valence-electron chi connectivity index (χ3n) is 2.86. The summed E-state index contributed by atoms with van der Waals surface area (Å²) in [6.07, 6.45) is 1.67. The Balaban J connectivity index is 2.19. The van der Waals surface area contributed by atoms with Crippen LogP contribution in [0.15, 0.2) is 36.5 Å². The van der Waals surface area contributed by atoms with Crippen LogP contribution in [0, 0.1) is 11.8 Å². The smallest absolute Gasteiger partial charge is 0.256 e.